The third kappa shape index (κ3) is 13.4. The molecule has 130 valence electrons. The van der Waals surface area contributed by atoms with Gasteiger partial charge >= 0.3 is 12.1 Å². The monoisotopic (exact) mass is 323 g/mol. The van der Waals surface area contributed by atoms with E-state index >= 15 is 0 Å². The van der Waals surface area contributed by atoms with E-state index in [1.165, 1.54) is 0 Å². The number of carbonyl (C=O) groups is 2. The maximum Gasteiger partial charge on any atom is 0.407 e. The summed E-state index contributed by atoms with van der Waals surface area (Å²) in [5.74, 6) is -0.184. The lowest BCUT2D eigenvalue weighted by atomic mass is 10.1. The number of esters is 1. The second kappa shape index (κ2) is 11.5. The van der Waals surface area contributed by atoms with Crippen LogP contribution in [-0.2, 0) is 14.3 Å². The number of alkyl carbamates (subject to hydrolysis) is 1. The Hall–Kier alpha value is -2.04. The molecular formula is C18H29NO4. The summed E-state index contributed by atoms with van der Waals surface area (Å²) in [5.41, 5.74) is 0.347. The predicted octanol–water partition coefficient (Wildman–Crippen LogP) is 3.91. The molecule has 5 heteroatoms. The van der Waals surface area contributed by atoms with Gasteiger partial charge in [0.15, 0.2) is 0 Å². The summed E-state index contributed by atoms with van der Waals surface area (Å²) >= 11 is 0. The van der Waals surface area contributed by atoms with Crippen molar-refractivity contribution in [2.75, 3.05) is 13.2 Å². The molecule has 0 aliphatic heterocycles. The molecule has 0 heterocycles. The molecule has 0 aromatic carbocycles. The van der Waals surface area contributed by atoms with E-state index in [1.807, 2.05) is 20.8 Å². The number of rotatable bonds is 10. The molecule has 0 atom stereocenters. The highest BCUT2D eigenvalue weighted by Gasteiger charge is 2.15. The van der Waals surface area contributed by atoms with E-state index in [0.717, 1.165) is 24.8 Å². The Balaban J connectivity index is 3.67. The third-order valence-electron chi connectivity index (χ3n) is 2.71. The Kier molecular flexibility index (Phi) is 10.5. The highest BCUT2D eigenvalue weighted by Crippen LogP contribution is 2.10. The van der Waals surface area contributed by atoms with Crippen LogP contribution in [0.3, 0.4) is 0 Å². The summed E-state index contributed by atoms with van der Waals surface area (Å²) in [5, 5.41) is 2.67. The zero-order chi connectivity index (χ0) is 17.7. The molecule has 1 amide bonds. The summed E-state index contributed by atoms with van der Waals surface area (Å²) in [7, 11) is 0. The minimum atomic E-state index is -0.464. The lowest BCUT2D eigenvalue weighted by molar-refractivity contribution is -0.154. The number of allylic oxidation sites excluding steroid dienone is 2. The van der Waals surface area contributed by atoms with E-state index in [4.69, 9.17) is 9.47 Å². The van der Waals surface area contributed by atoms with Crippen molar-refractivity contribution >= 4 is 12.1 Å². The molecule has 0 unspecified atom stereocenters. The highest BCUT2D eigenvalue weighted by atomic mass is 16.6. The molecule has 0 rings (SSSR count). The molecule has 0 aromatic rings. The van der Waals surface area contributed by atoms with Crippen LogP contribution in [0.2, 0.25) is 0 Å². The number of carbonyl (C=O) groups excluding carboxylic acids is 2. The fourth-order valence-electron chi connectivity index (χ4n) is 1.68. The summed E-state index contributed by atoms with van der Waals surface area (Å²) in [4.78, 5) is 23.0. The quantitative estimate of drug-likeness (QED) is 0.376. The van der Waals surface area contributed by atoms with E-state index in [9.17, 15) is 9.59 Å². The van der Waals surface area contributed by atoms with Gasteiger partial charge in [-0.2, -0.15) is 0 Å². The van der Waals surface area contributed by atoms with Gasteiger partial charge in [0.2, 0.25) is 0 Å². The SMILES string of the molecule is C=C/C=C(\C=C)COC(=O)NCCCCCC(=O)OC(C)(C)C. The normalized spacial score (nSPS) is 11.5. The number of hydrogen-bond donors (Lipinski definition) is 1. The average molecular weight is 323 g/mol. The minimum absolute atomic E-state index is 0.167. The van der Waals surface area contributed by atoms with Gasteiger partial charge in [-0.15, -0.1) is 0 Å². The Morgan fingerprint density at radius 1 is 1.13 bits per heavy atom. The number of amides is 1. The van der Waals surface area contributed by atoms with E-state index in [1.54, 1.807) is 18.2 Å². The van der Waals surface area contributed by atoms with Crippen LogP contribution >= 0.6 is 0 Å². The van der Waals surface area contributed by atoms with Crippen molar-refractivity contribution < 1.29 is 19.1 Å². The van der Waals surface area contributed by atoms with Crippen LogP contribution in [0.15, 0.2) is 37.0 Å². The molecule has 0 radical (unpaired) electrons. The summed E-state index contributed by atoms with van der Waals surface area (Å²) < 4.78 is 10.3. The predicted molar refractivity (Wildman–Crippen MR) is 92.1 cm³/mol. The van der Waals surface area contributed by atoms with Crippen molar-refractivity contribution in [1.82, 2.24) is 5.32 Å². The molecule has 0 saturated heterocycles. The van der Waals surface area contributed by atoms with Gasteiger partial charge in [-0.25, -0.2) is 4.79 Å². The molecule has 0 saturated carbocycles. The molecule has 23 heavy (non-hydrogen) atoms. The molecule has 0 aliphatic rings. The Morgan fingerprint density at radius 2 is 1.83 bits per heavy atom. The van der Waals surface area contributed by atoms with Crippen LogP contribution in [0.4, 0.5) is 4.79 Å². The largest absolute Gasteiger partial charge is 0.460 e. The summed E-state index contributed by atoms with van der Waals surface area (Å²) in [6.45, 7) is 13.4. The van der Waals surface area contributed by atoms with Crippen LogP contribution in [0.25, 0.3) is 0 Å². The zero-order valence-electron chi connectivity index (χ0n) is 14.5. The first-order valence-corrected chi connectivity index (χ1v) is 7.85. The van der Waals surface area contributed by atoms with Crippen LogP contribution < -0.4 is 5.32 Å². The van der Waals surface area contributed by atoms with Crippen molar-refractivity contribution in [2.45, 2.75) is 52.1 Å². The van der Waals surface area contributed by atoms with Crippen LogP contribution in [0, 0.1) is 0 Å². The lowest BCUT2D eigenvalue weighted by Crippen LogP contribution is -2.26. The van der Waals surface area contributed by atoms with Gasteiger partial charge in [0.1, 0.15) is 12.2 Å². The van der Waals surface area contributed by atoms with E-state index in [-0.39, 0.29) is 12.6 Å². The van der Waals surface area contributed by atoms with Gasteiger partial charge < -0.3 is 14.8 Å². The molecular weight excluding hydrogens is 294 g/mol. The zero-order valence-corrected chi connectivity index (χ0v) is 14.5. The second-order valence-electron chi connectivity index (χ2n) is 6.08. The lowest BCUT2D eigenvalue weighted by Gasteiger charge is -2.19. The molecule has 0 bridgehead atoms. The fraction of sp³-hybridized carbons (Fsp3) is 0.556. The standard InChI is InChI=1S/C18H29NO4/c1-6-11-15(7-2)14-22-17(21)19-13-10-8-9-12-16(20)23-18(3,4)5/h6-7,11H,1-2,8-10,12-14H2,3-5H3,(H,19,21)/b15-11+. The third-order valence-corrected chi connectivity index (χ3v) is 2.71. The van der Waals surface area contributed by atoms with Crippen molar-refractivity contribution in [1.29, 1.82) is 0 Å². The maximum absolute atomic E-state index is 11.5. The Morgan fingerprint density at radius 3 is 2.39 bits per heavy atom. The van der Waals surface area contributed by atoms with Gasteiger partial charge in [-0.05, 0) is 39.2 Å². The average Bonchev–Trinajstić information content (AvgIpc) is 2.45. The first kappa shape index (κ1) is 21.0. The van der Waals surface area contributed by atoms with Crippen molar-refractivity contribution in [3.63, 3.8) is 0 Å². The van der Waals surface area contributed by atoms with E-state index in [2.05, 4.69) is 18.5 Å². The molecule has 5 nitrogen and oxygen atoms in total. The van der Waals surface area contributed by atoms with Gasteiger partial charge in [-0.3, -0.25) is 4.79 Å². The Bertz CT molecular complexity index is 433. The van der Waals surface area contributed by atoms with E-state index < -0.39 is 11.7 Å². The topological polar surface area (TPSA) is 64.6 Å². The van der Waals surface area contributed by atoms with Gasteiger partial charge in [0.25, 0.3) is 0 Å². The number of unbranched alkanes of at least 4 members (excludes halogenated alkanes) is 2. The van der Waals surface area contributed by atoms with Crippen molar-refractivity contribution in [3.05, 3.63) is 37.0 Å². The number of hydrogen-bond acceptors (Lipinski definition) is 4. The molecule has 0 aliphatic carbocycles. The van der Waals surface area contributed by atoms with Crippen molar-refractivity contribution in [3.8, 4) is 0 Å². The van der Waals surface area contributed by atoms with E-state index in [0.29, 0.717) is 13.0 Å². The van der Waals surface area contributed by atoms with Crippen LogP contribution in [0.1, 0.15) is 46.5 Å². The van der Waals surface area contributed by atoms with Gasteiger partial charge in [0.05, 0.1) is 0 Å². The molecule has 0 fully saturated rings. The summed E-state index contributed by atoms with van der Waals surface area (Å²) in [6, 6.07) is 0. The van der Waals surface area contributed by atoms with Crippen LogP contribution in [-0.4, -0.2) is 30.8 Å². The van der Waals surface area contributed by atoms with Crippen molar-refractivity contribution in [2.24, 2.45) is 0 Å². The summed E-state index contributed by atoms with van der Waals surface area (Å²) in [6.07, 6.45) is 7.27. The first-order valence-electron chi connectivity index (χ1n) is 7.85. The first-order chi connectivity index (χ1) is 10.8. The smallest absolute Gasteiger partial charge is 0.407 e. The van der Waals surface area contributed by atoms with Gasteiger partial charge in [0, 0.05) is 13.0 Å². The molecule has 1 N–H and O–H groups in total. The Labute approximate surface area is 139 Å². The second-order valence-corrected chi connectivity index (χ2v) is 6.08. The maximum atomic E-state index is 11.5. The molecule has 0 spiro atoms. The molecule has 0 aromatic heterocycles. The van der Waals surface area contributed by atoms with Crippen LogP contribution in [0.5, 0.6) is 0 Å². The fourth-order valence-corrected chi connectivity index (χ4v) is 1.68. The number of ether oxygens (including phenoxy) is 2. The highest BCUT2D eigenvalue weighted by molar-refractivity contribution is 5.69. The number of nitrogens with one attached hydrogen (secondary N) is 1. The minimum Gasteiger partial charge on any atom is -0.460 e. The van der Waals surface area contributed by atoms with Gasteiger partial charge in [-0.1, -0.05) is 37.8 Å².